The number of nitrogens with zero attached hydrogens (tertiary/aromatic N) is 3. The topological polar surface area (TPSA) is 75.9 Å². The molecule has 9 heteroatoms. The molecule has 0 saturated carbocycles. The van der Waals surface area contributed by atoms with Gasteiger partial charge in [0.15, 0.2) is 0 Å². The van der Waals surface area contributed by atoms with Crippen molar-refractivity contribution in [3.63, 3.8) is 0 Å². The third-order valence-electron chi connectivity index (χ3n) is 5.40. The summed E-state index contributed by atoms with van der Waals surface area (Å²) in [5.41, 5.74) is 2.55. The Kier molecular flexibility index (Phi) is 8.00. The van der Waals surface area contributed by atoms with Crippen molar-refractivity contribution in [1.29, 1.82) is 0 Å². The first-order valence-electron chi connectivity index (χ1n) is 11.5. The number of ether oxygens (including phenoxy) is 1. The highest BCUT2D eigenvalue weighted by atomic mass is 32.2. The molecule has 2 aromatic heterocycles. The molecule has 0 unspecified atom stereocenters. The molecule has 0 bridgehead atoms. The summed E-state index contributed by atoms with van der Waals surface area (Å²) >= 11 is 6.69. The van der Waals surface area contributed by atoms with Gasteiger partial charge in [0.25, 0.3) is 11.5 Å². The monoisotopic (exact) mass is 508 g/mol. The number of rotatable bonds is 9. The van der Waals surface area contributed by atoms with Crippen LogP contribution in [0.5, 0.6) is 0 Å². The smallest absolute Gasteiger partial charge is 0.267 e. The van der Waals surface area contributed by atoms with Gasteiger partial charge in [-0.2, -0.15) is 0 Å². The molecule has 3 heterocycles. The second-order valence-corrected chi connectivity index (χ2v) is 10.2. The Balaban J connectivity index is 1.65. The minimum Gasteiger partial charge on any atom is -0.379 e. The zero-order valence-corrected chi connectivity index (χ0v) is 21.6. The lowest BCUT2D eigenvalue weighted by molar-refractivity contribution is -0.122. The van der Waals surface area contributed by atoms with Crippen LogP contribution in [0.25, 0.3) is 11.7 Å². The first-order valence-corrected chi connectivity index (χ1v) is 12.7. The first kappa shape index (κ1) is 25.1. The van der Waals surface area contributed by atoms with Gasteiger partial charge in [0, 0.05) is 19.3 Å². The number of thiocarbonyl (C=S) groups is 1. The molecule has 0 aliphatic carbocycles. The lowest BCUT2D eigenvalue weighted by Crippen LogP contribution is -2.27. The normalized spacial score (nSPS) is 15.1. The predicted molar refractivity (Wildman–Crippen MR) is 146 cm³/mol. The second kappa shape index (κ2) is 11.2. The molecule has 7 nitrogen and oxygen atoms in total. The Bertz CT molecular complexity index is 1340. The van der Waals surface area contributed by atoms with Crippen molar-refractivity contribution in [2.24, 2.45) is 0 Å². The lowest BCUT2D eigenvalue weighted by atomic mass is 10.2. The van der Waals surface area contributed by atoms with Gasteiger partial charge in [-0.1, -0.05) is 60.4 Å². The molecule has 35 heavy (non-hydrogen) atoms. The fourth-order valence-electron chi connectivity index (χ4n) is 3.65. The van der Waals surface area contributed by atoms with Crippen LogP contribution < -0.4 is 10.9 Å². The van der Waals surface area contributed by atoms with Gasteiger partial charge in [0.2, 0.25) is 0 Å². The molecule has 1 saturated heterocycles. The van der Waals surface area contributed by atoms with Crippen LogP contribution in [0, 0.1) is 6.92 Å². The van der Waals surface area contributed by atoms with Gasteiger partial charge < -0.3 is 10.1 Å². The van der Waals surface area contributed by atoms with E-state index < -0.39 is 0 Å². The van der Waals surface area contributed by atoms with Crippen LogP contribution in [0.3, 0.4) is 0 Å². The van der Waals surface area contributed by atoms with Crippen LogP contribution in [-0.4, -0.2) is 43.8 Å². The number of nitrogens with one attached hydrogen (secondary N) is 1. The van der Waals surface area contributed by atoms with Crippen molar-refractivity contribution in [1.82, 2.24) is 14.3 Å². The van der Waals surface area contributed by atoms with Crippen molar-refractivity contribution >= 4 is 51.7 Å². The summed E-state index contributed by atoms with van der Waals surface area (Å²) < 4.78 is 7.59. The molecule has 1 aromatic carbocycles. The van der Waals surface area contributed by atoms with Crippen LogP contribution in [0.2, 0.25) is 0 Å². The van der Waals surface area contributed by atoms with Crippen molar-refractivity contribution in [2.45, 2.75) is 39.8 Å². The molecule has 1 amide bonds. The number of carbonyl (C=O) groups is 1. The summed E-state index contributed by atoms with van der Waals surface area (Å²) in [6, 6.07) is 13.4. The van der Waals surface area contributed by atoms with Gasteiger partial charge in [-0.15, -0.1) is 0 Å². The summed E-state index contributed by atoms with van der Waals surface area (Å²) in [5.74, 6) is 0.227. The molecule has 4 rings (SSSR count). The van der Waals surface area contributed by atoms with Crippen molar-refractivity contribution in [2.75, 3.05) is 18.5 Å². The maximum Gasteiger partial charge on any atom is 0.267 e. The van der Waals surface area contributed by atoms with Crippen molar-refractivity contribution in [3.8, 4) is 0 Å². The van der Waals surface area contributed by atoms with Gasteiger partial charge in [-0.05, 0) is 50.5 Å². The number of carbonyl (C=O) groups excluding carboxylic acids is 1. The molecule has 1 aliphatic heterocycles. The predicted octanol–water partition coefficient (Wildman–Crippen LogP) is 4.63. The van der Waals surface area contributed by atoms with Crippen molar-refractivity contribution < 1.29 is 9.53 Å². The number of pyridine rings is 1. The zero-order valence-electron chi connectivity index (χ0n) is 20.0. The van der Waals surface area contributed by atoms with E-state index in [-0.39, 0.29) is 17.6 Å². The van der Waals surface area contributed by atoms with E-state index in [1.54, 1.807) is 17.2 Å². The molecule has 182 valence electrons. The Hall–Kier alpha value is -3.01. The third-order valence-corrected chi connectivity index (χ3v) is 6.78. The van der Waals surface area contributed by atoms with Crippen LogP contribution >= 0.6 is 24.0 Å². The highest BCUT2D eigenvalue weighted by Gasteiger charge is 2.32. The summed E-state index contributed by atoms with van der Waals surface area (Å²) in [6.45, 7) is 7.47. The average Bonchev–Trinajstić information content (AvgIpc) is 3.09. The number of thioether (sulfide) groups is 1. The molecule has 0 atom stereocenters. The molecule has 1 N–H and O–H groups in total. The van der Waals surface area contributed by atoms with Gasteiger partial charge in [-0.3, -0.25) is 18.9 Å². The SMILES string of the molecule is Cc1ccc2nc(NCCCOC(C)C)c(C=C3SC(=S)N(Cc4ccccc4)C3=O)c(=O)n2c1. The van der Waals surface area contributed by atoms with Gasteiger partial charge in [-0.25, -0.2) is 4.98 Å². The van der Waals surface area contributed by atoms with Crippen LogP contribution in [0.4, 0.5) is 5.82 Å². The molecular weight excluding hydrogens is 480 g/mol. The Labute approximate surface area is 214 Å². The number of hydrogen-bond acceptors (Lipinski definition) is 7. The Morgan fingerprint density at radius 3 is 2.69 bits per heavy atom. The number of benzene rings is 1. The van der Waals surface area contributed by atoms with E-state index in [2.05, 4.69) is 10.3 Å². The Morgan fingerprint density at radius 1 is 1.17 bits per heavy atom. The van der Waals surface area contributed by atoms with E-state index in [0.29, 0.717) is 46.0 Å². The second-order valence-electron chi connectivity index (χ2n) is 8.57. The van der Waals surface area contributed by atoms with Gasteiger partial charge >= 0.3 is 0 Å². The Morgan fingerprint density at radius 2 is 1.94 bits per heavy atom. The van der Waals surface area contributed by atoms with Gasteiger partial charge in [0.1, 0.15) is 15.8 Å². The summed E-state index contributed by atoms with van der Waals surface area (Å²) in [6.07, 6.45) is 4.28. The average molecular weight is 509 g/mol. The van der Waals surface area contributed by atoms with E-state index >= 15 is 0 Å². The van der Waals surface area contributed by atoms with Gasteiger partial charge in [0.05, 0.1) is 23.1 Å². The van der Waals surface area contributed by atoms with E-state index in [4.69, 9.17) is 17.0 Å². The number of aromatic nitrogens is 2. The van der Waals surface area contributed by atoms with Crippen LogP contribution in [0.1, 0.15) is 37.0 Å². The zero-order chi connectivity index (χ0) is 24.9. The molecule has 3 aromatic rings. The molecule has 0 radical (unpaired) electrons. The molecular formula is C26H28N4O3S2. The van der Waals surface area contributed by atoms with Crippen LogP contribution in [0.15, 0.2) is 58.4 Å². The number of fused-ring (bicyclic) bond motifs is 1. The highest BCUT2D eigenvalue weighted by Crippen LogP contribution is 2.34. The molecule has 0 spiro atoms. The minimum atomic E-state index is -0.243. The van der Waals surface area contributed by atoms with Crippen molar-refractivity contribution in [3.05, 3.63) is 80.6 Å². The number of aryl methyl sites for hydroxylation is 1. The number of hydrogen-bond donors (Lipinski definition) is 1. The van der Waals surface area contributed by atoms with E-state index in [1.165, 1.54) is 16.2 Å². The summed E-state index contributed by atoms with van der Waals surface area (Å²) in [4.78, 5) is 33.3. The minimum absolute atomic E-state index is 0.162. The fourth-order valence-corrected chi connectivity index (χ4v) is 4.89. The third kappa shape index (κ3) is 5.98. The first-order chi connectivity index (χ1) is 16.8. The lowest BCUT2D eigenvalue weighted by Gasteiger charge is -2.14. The summed E-state index contributed by atoms with van der Waals surface area (Å²) in [5, 5.41) is 3.27. The van der Waals surface area contributed by atoms with Crippen LogP contribution in [-0.2, 0) is 16.1 Å². The van der Waals surface area contributed by atoms with E-state index in [0.717, 1.165) is 17.5 Å². The maximum absolute atomic E-state index is 13.5. The molecule has 1 fully saturated rings. The number of amides is 1. The number of anilines is 1. The standard InChI is InChI=1S/C26H28N4O3S2/c1-17(2)33-13-7-12-27-23-20(24(31)29-15-18(3)10-11-22(29)28-23)14-21-25(32)30(26(34)35-21)16-19-8-5-4-6-9-19/h4-6,8-11,14-15,17,27H,7,12-13,16H2,1-3H3. The van der Waals surface area contributed by atoms with E-state index in [1.807, 2.05) is 63.2 Å². The highest BCUT2D eigenvalue weighted by molar-refractivity contribution is 8.26. The maximum atomic E-state index is 13.5. The van der Waals surface area contributed by atoms with E-state index in [9.17, 15) is 9.59 Å². The fraction of sp³-hybridized carbons (Fsp3) is 0.308. The largest absolute Gasteiger partial charge is 0.379 e. The molecule has 1 aliphatic rings. The summed E-state index contributed by atoms with van der Waals surface area (Å²) in [7, 11) is 0. The quantitative estimate of drug-likeness (QED) is 0.257.